The van der Waals surface area contributed by atoms with Crippen LogP contribution < -0.4 is 5.32 Å². The van der Waals surface area contributed by atoms with Gasteiger partial charge in [0.1, 0.15) is 5.54 Å². The van der Waals surface area contributed by atoms with Crippen molar-refractivity contribution in [3.8, 4) is 0 Å². The van der Waals surface area contributed by atoms with Gasteiger partial charge in [0.15, 0.2) is 0 Å². The number of aliphatic carboxylic acids is 1. The highest BCUT2D eigenvalue weighted by Crippen LogP contribution is 2.14. The Hall–Kier alpha value is -0.650. The Morgan fingerprint density at radius 1 is 1.35 bits per heavy atom. The normalized spacial score (nSPS) is 12.1. The Balaban J connectivity index is 4.02. The van der Waals surface area contributed by atoms with Gasteiger partial charge in [0.05, 0.1) is 6.61 Å². The Bertz CT molecular complexity index is 218. The van der Waals surface area contributed by atoms with Crippen LogP contribution >= 0.6 is 0 Å². The third kappa shape index (κ3) is 5.48. The molecule has 0 aromatic heterocycles. The zero-order valence-corrected chi connectivity index (χ0v) is 11.5. The van der Waals surface area contributed by atoms with Gasteiger partial charge >= 0.3 is 5.97 Å². The quantitative estimate of drug-likeness (QED) is 0.597. The average molecular weight is 246 g/mol. The molecule has 0 fully saturated rings. The van der Waals surface area contributed by atoms with Crippen LogP contribution in [0.25, 0.3) is 0 Å². The molecule has 17 heavy (non-hydrogen) atoms. The first-order chi connectivity index (χ1) is 8.02. The summed E-state index contributed by atoms with van der Waals surface area (Å²) in [5.41, 5.74) is -0.776. The lowest BCUT2D eigenvalue weighted by Gasteiger charge is -2.29. The Kier molecular flexibility index (Phi) is 8.12. The molecule has 0 unspecified atom stereocenters. The van der Waals surface area contributed by atoms with Gasteiger partial charge in [-0.3, -0.25) is 4.79 Å². The summed E-state index contributed by atoms with van der Waals surface area (Å²) in [6.45, 7) is 6.85. The van der Waals surface area contributed by atoms with Crippen molar-refractivity contribution < 1.29 is 14.6 Å². The maximum atomic E-state index is 11.2. The molecule has 0 aliphatic carbocycles. The van der Waals surface area contributed by atoms with E-state index in [1.165, 1.54) is 0 Å². The van der Waals surface area contributed by atoms with Gasteiger partial charge in [-0.1, -0.05) is 13.8 Å². The smallest absolute Gasteiger partial charge is 0.323 e. The summed E-state index contributed by atoms with van der Waals surface area (Å²) < 4.78 is 4.98. The number of nitrogens with one attached hydrogen (secondary N) is 1. The van der Waals surface area contributed by atoms with Crippen LogP contribution in [0.1, 0.15) is 26.7 Å². The van der Waals surface area contributed by atoms with E-state index < -0.39 is 11.5 Å². The largest absolute Gasteiger partial charge is 0.480 e. The fourth-order valence-corrected chi connectivity index (χ4v) is 1.72. The minimum Gasteiger partial charge on any atom is -0.480 e. The van der Waals surface area contributed by atoms with Crippen molar-refractivity contribution in [2.45, 2.75) is 32.2 Å². The zero-order chi connectivity index (χ0) is 13.3. The lowest BCUT2D eigenvalue weighted by Crippen LogP contribution is -2.53. The van der Waals surface area contributed by atoms with Crippen LogP contribution in [0.2, 0.25) is 0 Å². The second-order valence-electron chi connectivity index (χ2n) is 4.32. The van der Waals surface area contributed by atoms with Crippen molar-refractivity contribution in [3.63, 3.8) is 0 Å². The van der Waals surface area contributed by atoms with Crippen LogP contribution in [-0.4, -0.2) is 61.9 Å². The number of hydrogen-bond donors (Lipinski definition) is 2. The number of carbonyl (C=O) groups is 1. The molecule has 0 aliphatic heterocycles. The maximum Gasteiger partial charge on any atom is 0.323 e. The van der Waals surface area contributed by atoms with E-state index in [1.54, 1.807) is 7.11 Å². The van der Waals surface area contributed by atoms with Crippen LogP contribution in [-0.2, 0) is 9.53 Å². The standard InChI is InChI=1S/C12H26N2O3/c1-5-12(6-2,11(15)16)13-7-8-14(3)9-10-17-4/h13H,5-10H2,1-4H3,(H,15,16). The van der Waals surface area contributed by atoms with Crippen molar-refractivity contribution in [2.75, 3.05) is 40.4 Å². The van der Waals surface area contributed by atoms with E-state index in [0.29, 0.717) is 26.0 Å². The third-order valence-electron chi connectivity index (χ3n) is 3.25. The summed E-state index contributed by atoms with van der Waals surface area (Å²) in [5.74, 6) is -0.762. The van der Waals surface area contributed by atoms with Crippen LogP contribution in [0.4, 0.5) is 0 Å². The van der Waals surface area contributed by atoms with E-state index in [9.17, 15) is 9.90 Å². The molecule has 0 aromatic rings. The number of hydrogen-bond acceptors (Lipinski definition) is 4. The molecule has 0 saturated carbocycles. The molecule has 5 heteroatoms. The highest BCUT2D eigenvalue weighted by Gasteiger charge is 2.33. The van der Waals surface area contributed by atoms with Gasteiger partial charge in [0.2, 0.25) is 0 Å². The van der Waals surface area contributed by atoms with Crippen LogP contribution in [0.3, 0.4) is 0 Å². The summed E-state index contributed by atoms with van der Waals surface area (Å²) in [6.07, 6.45) is 1.20. The second-order valence-corrected chi connectivity index (χ2v) is 4.32. The zero-order valence-electron chi connectivity index (χ0n) is 11.5. The van der Waals surface area contributed by atoms with Crippen molar-refractivity contribution >= 4 is 5.97 Å². The van der Waals surface area contributed by atoms with Crippen LogP contribution in [0, 0.1) is 0 Å². The molecule has 0 radical (unpaired) electrons. The van der Waals surface area contributed by atoms with E-state index in [-0.39, 0.29) is 0 Å². The number of ether oxygens (including phenoxy) is 1. The Morgan fingerprint density at radius 2 is 1.94 bits per heavy atom. The number of methoxy groups -OCH3 is 1. The maximum absolute atomic E-state index is 11.2. The number of carboxylic acid groups (broad SMARTS) is 1. The number of nitrogens with zero attached hydrogens (tertiary/aromatic N) is 1. The van der Waals surface area contributed by atoms with Gasteiger partial charge in [-0.2, -0.15) is 0 Å². The molecule has 0 amide bonds. The van der Waals surface area contributed by atoms with Crippen LogP contribution in [0.15, 0.2) is 0 Å². The first-order valence-corrected chi connectivity index (χ1v) is 6.18. The fraction of sp³-hybridized carbons (Fsp3) is 0.917. The second kappa shape index (κ2) is 8.44. The van der Waals surface area contributed by atoms with Crippen molar-refractivity contribution in [1.29, 1.82) is 0 Å². The average Bonchev–Trinajstić information content (AvgIpc) is 2.32. The van der Waals surface area contributed by atoms with Gasteiger partial charge < -0.3 is 20.1 Å². The highest BCUT2D eigenvalue weighted by atomic mass is 16.5. The van der Waals surface area contributed by atoms with Gasteiger partial charge in [-0.15, -0.1) is 0 Å². The van der Waals surface area contributed by atoms with Crippen molar-refractivity contribution in [3.05, 3.63) is 0 Å². The number of carboxylic acids is 1. The van der Waals surface area contributed by atoms with E-state index in [0.717, 1.165) is 13.1 Å². The van der Waals surface area contributed by atoms with Crippen LogP contribution in [0.5, 0.6) is 0 Å². The van der Waals surface area contributed by atoms with Crippen molar-refractivity contribution in [2.24, 2.45) is 0 Å². The van der Waals surface area contributed by atoms with Gasteiger partial charge in [-0.25, -0.2) is 0 Å². The molecule has 0 aliphatic rings. The minimum absolute atomic E-state index is 0.598. The first kappa shape index (κ1) is 16.4. The predicted octanol–water partition coefficient (Wildman–Crippen LogP) is 0.798. The summed E-state index contributed by atoms with van der Waals surface area (Å²) in [4.78, 5) is 13.4. The lowest BCUT2D eigenvalue weighted by atomic mass is 9.93. The Labute approximate surface area is 104 Å². The van der Waals surface area contributed by atoms with Gasteiger partial charge in [-0.05, 0) is 19.9 Å². The van der Waals surface area contributed by atoms with Gasteiger partial charge in [0, 0.05) is 26.7 Å². The van der Waals surface area contributed by atoms with Crippen molar-refractivity contribution in [1.82, 2.24) is 10.2 Å². The predicted molar refractivity (Wildman–Crippen MR) is 68.3 cm³/mol. The molecule has 0 aromatic carbocycles. The Morgan fingerprint density at radius 3 is 2.35 bits per heavy atom. The van der Waals surface area contributed by atoms with E-state index >= 15 is 0 Å². The topological polar surface area (TPSA) is 61.8 Å². The SMILES string of the molecule is CCC(CC)(NCCN(C)CCOC)C(=O)O. The molecule has 0 atom stereocenters. The molecule has 2 N–H and O–H groups in total. The highest BCUT2D eigenvalue weighted by molar-refractivity contribution is 5.78. The summed E-state index contributed by atoms with van der Waals surface area (Å²) in [5, 5.41) is 12.4. The number of rotatable bonds is 10. The number of likely N-dealkylation sites (N-methyl/N-ethyl adjacent to an activating group) is 1. The molecule has 5 nitrogen and oxygen atoms in total. The molecule has 0 bridgehead atoms. The molecule has 0 saturated heterocycles. The summed E-state index contributed by atoms with van der Waals surface area (Å²) in [6, 6.07) is 0. The summed E-state index contributed by atoms with van der Waals surface area (Å²) >= 11 is 0. The van der Waals surface area contributed by atoms with E-state index in [2.05, 4.69) is 10.2 Å². The molecule has 0 spiro atoms. The molecule has 0 rings (SSSR count). The minimum atomic E-state index is -0.776. The van der Waals surface area contributed by atoms with E-state index in [4.69, 9.17) is 4.74 Å². The monoisotopic (exact) mass is 246 g/mol. The molecule has 0 heterocycles. The molecule has 102 valence electrons. The molecular weight excluding hydrogens is 220 g/mol. The third-order valence-corrected chi connectivity index (χ3v) is 3.25. The lowest BCUT2D eigenvalue weighted by molar-refractivity contribution is -0.145. The summed E-state index contributed by atoms with van der Waals surface area (Å²) in [7, 11) is 3.68. The fourth-order valence-electron chi connectivity index (χ4n) is 1.72. The van der Waals surface area contributed by atoms with E-state index in [1.807, 2.05) is 20.9 Å². The van der Waals surface area contributed by atoms with Gasteiger partial charge in [0.25, 0.3) is 0 Å². The first-order valence-electron chi connectivity index (χ1n) is 6.18. The molecular formula is C12H26N2O3.